The number of rotatable bonds is 14. The summed E-state index contributed by atoms with van der Waals surface area (Å²) in [7, 11) is 1.62. The van der Waals surface area contributed by atoms with Gasteiger partial charge in [-0.15, -0.1) is 0 Å². The molecule has 0 saturated heterocycles. The van der Waals surface area contributed by atoms with Crippen molar-refractivity contribution in [2.45, 2.75) is 59.4 Å². The number of methoxy groups -OCH3 is 1. The molecule has 2 aromatic rings. The van der Waals surface area contributed by atoms with E-state index in [-0.39, 0.29) is 5.91 Å². The SMILES string of the molecule is CCCCCCOc1ccc(Br)cc1C(=O)NCc1ccc(OCCC(C)C)c(OC)c1. The first-order valence-electron chi connectivity index (χ1n) is 11.4. The van der Waals surface area contributed by atoms with Crippen molar-refractivity contribution in [3.05, 3.63) is 52.0 Å². The third kappa shape index (κ3) is 8.73. The highest BCUT2D eigenvalue weighted by atomic mass is 79.9. The van der Waals surface area contributed by atoms with Crippen molar-refractivity contribution >= 4 is 21.8 Å². The molecular formula is C26H36BrNO4. The molecule has 0 atom stereocenters. The van der Waals surface area contributed by atoms with Gasteiger partial charge in [-0.3, -0.25) is 4.79 Å². The summed E-state index contributed by atoms with van der Waals surface area (Å²) in [6.45, 7) is 8.15. The van der Waals surface area contributed by atoms with Gasteiger partial charge in [-0.05, 0) is 54.7 Å². The van der Waals surface area contributed by atoms with Crippen LogP contribution in [0.3, 0.4) is 0 Å². The maximum absolute atomic E-state index is 12.9. The van der Waals surface area contributed by atoms with Gasteiger partial charge in [0.1, 0.15) is 5.75 Å². The molecule has 0 saturated carbocycles. The van der Waals surface area contributed by atoms with Gasteiger partial charge in [0, 0.05) is 11.0 Å². The van der Waals surface area contributed by atoms with E-state index in [2.05, 4.69) is 42.0 Å². The van der Waals surface area contributed by atoms with E-state index in [0.29, 0.717) is 48.5 Å². The van der Waals surface area contributed by atoms with Gasteiger partial charge in [-0.1, -0.05) is 62.0 Å². The van der Waals surface area contributed by atoms with Gasteiger partial charge in [0.2, 0.25) is 0 Å². The molecule has 2 aromatic carbocycles. The molecule has 0 spiro atoms. The van der Waals surface area contributed by atoms with E-state index in [1.54, 1.807) is 13.2 Å². The fourth-order valence-corrected chi connectivity index (χ4v) is 3.50. The van der Waals surface area contributed by atoms with Crippen LogP contribution < -0.4 is 19.5 Å². The first kappa shape index (κ1) is 26.0. The van der Waals surface area contributed by atoms with Gasteiger partial charge >= 0.3 is 0 Å². The predicted molar refractivity (Wildman–Crippen MR) is 133 cm³/mol. The van der Waals surface area contributed by atoms with Gasteiger partial charge in [-0.25, -0.2) is 0 Å². The highest BCUT2D eigenvalue weighted by Crippen LogP contribution is 2.29. The summed E-state index contributed by atoms with van der Waals surface area (Å²) >= 11 is 3.45. The van der Waals surface area contributed by atoms with Gasteiger partial charge in [0.15, 0.2) is 11.5 Å². The maximum Gasteiger partial charge on any atom is 0.255 e. The van der Waals surface area contributed by atoms with Gasteiger partial charge < -0.3 is 19.5 Å². The molecule has 1 N–H and O–H groups in total. The van der Waals surface area contributed by atoms with E-state index in [9.17, 15) is 4.79 Å². The van der Waals surface area contributed by atoms with Crippen molar-refractivity contribution < 1.29 is 19.0 Å². The maximum atomic E-state index is 12.9. The third-order valence-corrected chi connectivity index (χ3v) is 5.57. The van der Waals surface area contributed by atoms with Crippen LogP contribution >= 0.6 is 15.9 Å². The average Bonchev–Trinajstić information content (AvgIpc) is 2.78. The lowest BCUT2D eigenvalue weighted by Gasteiger charge is -2.14. The Hall–Kier alpha value is -2.21. The van der Waals surface area contributed by atoms with Gasteiger partial charge in [-0.2, -0.15) is 0 Å². The van der Waals surface area contributed by atoms with Crippen molar-refractivity contribution in [2.24, 2.45) is 5.92 Å². The lowest BCUT2D eigenvalue weighted by molar-refractivity contribution is 0.0946. The molecule has 6 heteroatoms. The molecule has 1 amide bonds. The van der Waals surface area contributed by atoms with Crippen LogP contribution in [0.15, 0.2) is 40.9 Å². The number of nitrogens with one attached hydrogen (secondary N) is 1. The minimum absolute atomic E-state index is 0.175. The summed E-state index contributed by atoms with van der Waals surface area (Å²) < 4.78 is 18.1. The summed E-state index contributed by atoms with van der Waals surface area (Å²) in [5, 5.41) is 2.99. The molecule has 0 bridgehead atoms. The average molecular weight is 506 g/mol. The number of halogens is 1. The zero-order valence-corrected chi connectivity index (χ0v) is 21.3. The summed E-state index contributed by atoms with van der Waals surface area (Å²) in [5.74, 6) is 2.39. The number of hydrogen-bond donors (Lipinski definition) is 1. The van der Waals surface area contributed by atoms with Crippen LogP contribution in [0.5, 0.6) is 17.2 Å². The van der Waals surface area contributed by atoms with Crippen LogP contribution in [-0.4, -0.2) is 26.2 Å². The Morgan fingerprint density at radius 1 is 0.969 bits per heavy atom. The molecule has 176 valence electrons. The highest BCUT2D eigenvalue weighted by molar-refractivity contribution is 9.10. The van der Waals surface area contributed by atoms with Crippen LogP contribution in [0.25, 0.3) is 0 Å². The second kappa shape index (κ2) is 14.0. The standard InChI is InChI=1S/C26H36BrNO4/c1-5-6-7-8-14-31-23-12-10-21(27)17-22(23)26(29)28-18-20-9-11-24(25(16-20)30-4)32-15-13-19(2)3/h9-12,16-17,19H,5-8,13-15,18H2,1-4H3,(H,28,29). The minimum Gasteiger partial charge on any atom is -0.493 e. The summed E-state index contributed by atoms with van der Waals surface area (Å²) in [6, 6.07) is 11.3. The van der Waals surface area contributed by atoms with Crippen molar-refractivity contribution in [3.63, 3.8) is 0 Å². The Morgan fingerprint density at radius 2 is 1.72 bits per heavy atom. The van der Waals surface area contributed by atoms with Gasteiger partial charge in [0.25, 0.3) is 5.91 Å². The lowest BCUT2D eigenvalue weighted by Crippen LogP contribution is -2.23. The second-order valence-electron chi connectivity index (χ2n) is 8.25. The van der Waals surface area contributed by atoms with E-state index in [0.717, 1.165) is 29.3 Å². The third-order valence-electron chi connectivity index (χ3n) is 5.08. The normalized spacial score (nSPS) is 10.8. The first-order chi connectivity index (χ1) is 15.4. The fraction of sp³-hybridized carbons (Fsp3) is 0.500. The zero-order chi connectivity index (χ0) is 23.3. The molecule has 0 radical (unpaired) electrons. The lowest BCUT2D eigenvalue weighted by atomic mass is 10.1. The fourth-order valence-electron chi connectivity index (χ4n) is 3.14. The first-order valence-corrected chi connectivity index (χ1v) is 12.2. The van der Waals surface area contributed by atoms with Crippen LogP contribution in [0.2, 0.25) is 0 Å². The zero-order valence-electron chi connectivity index (χ0n) is 19.7. The van der Waals surface area contributed by atoms with Crippen molar-refractivity contribution in [1.29, 1.82) is 0 Å². The Kier molecular flexibility index (Phi) is 11.4. The number of hydrogen-bond acceptors (Lipinski definition) is 4. The Morgan fingerprint density at radius 3 is 2.44 bits per heavy atom. The predicted octanol–water partition coefficient (Wildman–Crippen LogP) is 6.77. The molecule has 0 aromatic heterocycles. The Bertz CT molecular complexity index is 854. The van der Waals surface area contributed by atoms with Crippen molar-refractivity contribution in [3.8, 4) is 17.2 Å². The Labute approximate surface area is 201 Å². The number of carbonyl (C=O) groups is 1. The topological polar surface area (TPSA) is 56.8 Å². The number of amides is 1. The van der Waals surface area contributed by atoms with Crippen LogP contribution in [0.1, 0.15) is 68.8 Å². The molecule has 0 unspecified atom stereocenters. The monoisotopic (exact) mass is 505 g/mol. The van der Waals surface area contributed by atoms with Crippen molar-refractivity contribution in [2.75, 3.05) is 20.3 Å². The van der Waals surface area contributed by atoms with E-state index >= 15 is 0 Å². The van der Waals surface area contributed by atoms with Crippen LogP contribution in [0.4, 0.5) is 0 Å². The van der Waals surface area contributed by atoms with E-state index in [1.165, 1.54) is 12.8 Å². The number of ether oxygens (including phenoxy) is 3. The van der Waals surface area contributed by atoms with Crippen molar-refractivity contribution in [1.82, 2.24) is 5.32 Å². The van der Waals surface area contributed by atoms with Crippen LogP contribution in [0, 0.1) is 5.92 Å². The molecule has 0 aliphatic rings. The number of unbranched alkanes of at least 4 members (excludes halogenated alkanes) is 3. The number of benzene rings is 2. The molecule has 32 heavy (non-hydrogen) atoms. The molecular weight excluding hydrogens is 470 g/mol. The molecule has 0 fully saturated rings. The molecule has 0 heterocycles. The minimum atomic E-state index is -0.175. The number of carbonyl (C=O) groups excluding carboxylic acids is 1. The summed E-state index contributed by atoms with van der Waals surface area (Å²) in [6.07, 6.45) is 5.48. The van der Waals surface area contributed by atoms with Gasteiger partial charge in [0.05, 0.1) is 25.9 Å². The molecule has 5 nitrogen and oxygen atoms in total. The van der Waals surface area contributed by atoms with E-state index in [4.69, 9.17) is 14.2 Å². The summed E-state index contributed by atoms with van der Waals surface area (Å²) in [4.78, 5) is 12.9. The molecule has 0 aliphatic carbocycles. The Balaban J connectivity index is 1.98. The summed E-state index contributed by atoms with van der Waals surface area (Å²) in [5.41, 5.74) is 1.46. The van der Waals surface area contributed by atoms with E-state index < -0.39 is 0 Å². The van der Waals surface area contributed by atoms with Crippen LogP contribution in [-0.2, 0) is 6.54 Å². The molecule has 0 aliphatic heterocycles. The quantitative estimate of drug-likeness (QED) is 0.287. The highest BCUT2D eigenvalue weighted by Gasteiger charge is 2.14. The molecule has 2 rings (SSSR count). The second-order valence-corrected chi connectivity index (χ2v) is 9.16. The largest absolute Gasteiger partial charge is 0.493 e. The van der Waals surface area contributed by atoms with E-state index in [1.807, 2.05) is 30.3 Å². The smallest absolute Gasteiger partial charge is 0.255 e.